The molecule has 78 valence electrons. The van der Waals surface area contributed by atoms with E-state index in [0.29, 0.717) is 0 Å². The molecule has 0 unspecified atom stereocenters. The number of pyridine rings is 1. The lowest BCUT2D eigenvalue weighted by Gasteiger charge is -2.03. The zero-order valence-corrected chi connectivity index (χ0v) is 7.70. The van der Waals surface area contributed by atoms with Crippen molar-refractivity contribution in [3.63, 3.8) is 0 Å². The third-order valence-corrected chi connectivity index (χ3v) is 1.83. The second kappa shape index (κ2) is 4.14. The summed E-state index contributed by atoms with van der Waals surface area (Å²) in [6, 6.07) is 1.35. The largest absolute Gasteiger partial charge is 0.301 e. The molecule has 0 saturated carbocycles. The Bertz CT molecular complexity index is 458. The van der Waals surface area contributed by atoms with E-state index in [2.05, 4.69) is 4.98 Å². The first-order valence-corrected chi connectivity index (χ1v) is 3.87. The molecular weight excluding hydrogens is 232 g/mol. The zero-order valence-electron chi connectivity index (χ0n) is 6.95. The van der Waals surface area contributed by atoms with Crippen molar-refractivity contribution in [2.75, 3.05) is 0 Å². The van der Waals surface area contributed by atoms with Gasteiger partial charge in [-0.05, 0) is 0 Å². The van der Waals surface area contributed by atoms with Crippen LogP contribution in [-0.2, 0) is 0 Å². The first kappa shape index (κ1) is 11.3. The van der Waals surface area contributed by atoms with Crippen LogP contribution in [0.1, 0.15) is 17.7 Å². The van der Waals surface area contributed by atoms with Gasteiger partial charge in [0.15, 0.2) is 5.69 Å². The SMILES string of the molecule is N#Cc1ncc(Cl)c([N+](=O)[O-])c1C(F)F. The summed E-state index contributed by atoms with van der Waals surface area (Å²) in [7, 11) is 0. The zero-order chi connectivity index (χ0) is 11.6. The van der Waals surface area contributed by atoms with Crippen LogP contribution in [0.4, 0.5) is 14.5 Å². The number of halogens is 3. The smallest absolute Gasteiger partial charge is 0.258 e. The predicted octanol–water partition coefficient (Wildman–Crippen LogP) is 2.45. The highest BCUT2D eigenvalue weighted by Crippen LogP contribution is 2.35. The molecular formula is C7H2ClF2N3O2. The lowest BCUT2D eigenvalue weighted by molar-refractivity contribution is -0.386. The highest BCUT2D eigenvalue weighted by Gasteiger charge is 2.29. The van der Waals surface area contributed by atoms with E-state index in [0.717, 1.165) is 6.20 Å². The standard InChI is InChI=1S/C7H2ClF2N3O2/c8-3-2-12-4(1-11)5(7(9)10)6(3)13(14)15/h2,7H. The Balaban J connectivity index is 3.60. The van der Waals surface area contributed by atoms with E-state index >= 15 is 0 Å². The van der Waals surface area contributed by atoms with Gasteiger partial charge in [0.05, 0.1) is 11.1 Å². The van der Waals surface area contributed by atoms with Crippen LogP contribution in [-0.4, -0.2) is 9.91 Å². The van der Waals surface area contributed by atoms with E-state index in [1.54, 1.807) is 0 Å². The molecule has 1 aromatic heterocycles. The average Bonchev–Trinajstić information content (AvgIpc) is 2.16. The first-order chi connectivity index (χ1) is 6.99. The van der Waals surface area contributed by atoms with E-state index < -0.39 is 33.3 Å². The monoisotopic (exact) mass is 233 g/mol. The Morgan fingerprint density at radius 2 is 2.27 bits per heavy atom. The van der Waals surface area contributed by atoms with Gasteiger partial charge in [0, 0.05) is 0 Å². The third kappa shape index (κ3) is 1.99. The number of rotatable bonds is 2. The van der Waals surface area contributed by atoms with Crippen LogP contribution in [0, 0.1) is 21.4 Å². The molecule has 0 N–H and O–H groups in total. The van der Waals surface area contributed by atoms with Crippen LogP contribution < -0.4 is 0 Å². The van der Waals surface area contributed by atoms with Crippen LogP contribution in [0.15, 0.2) is 6.20 Å². The molecule has 0 aliphatic rings. The summed E-state index contributed by atoms with van der Waals surface area (Å²) >= 11 is 5.35. The van der Waals surface area contributed by atoms with Crippen LogP contribution in [0.25, 0.3) is 0 Å². The summed E-state index contributed by atoms with van der Waals surface area (Å²) in [5.41, 5.74) is -2.71. The third-order valence-electron chi connectivity index (χ3n) is 1.55. The highest BCUT2D eigenvalue weighted by molar-refractivity contribution is 6.32. The molecule has 0 aromatic carbocycles. The minimum Gasteiger partial charge on any atom is -0.258 e. The molecule has 8 heteroatoms. The van der Waals surface area contributed by atoms with Crippen molar-refractivity contribution in [2.24, 2.45) is 0 Å². The fourth-order valence-electron chi connectivity index (χ4n) is 0.974. The van der Waals surface area contributed by atoms with Crippen molar-refractivity contribution in [1.29, 1.82) is 5.26 Å². The lowest BCUT2D eigenvalue weighted by atomic mass is 10.1. The van der Waals surface area contributed by atoms with Crippen LogP contribution in [0.5, 0.6) is 0 Å². The van der Waals surface area contributed by atoms with Gasteiger partial charge in [0.25, 0.3) is 6.43 Å². The van der Waals surface area contributed by atoms with E-state index in [1.165, 1.54) is 6.07 Å². The Morgan fingerprint density at radius 3 is 2.67 bits per heavy atom. The Kier molecular flexibility index (Phi) is 3.11. The van der Waals surface area contributed by atoms with E-state index in [1.807, 2.05) is 0 Å². The number of nitriles is 1. The summed E-state index contributed by atoms with van der Waals surface area (Å²) < 4.78 is 24.9. The number of hydrogen-bond donors (Lipinski definition) is 0. The molecule has 0 fully saturated rings. The molecule has 0 atom stereocenters. The summed E-state index contributed by atoms with van der Waals surface area (Å²) in [5.74, 6) is 0. The van der Waals surface area contributed by atoms with Crippen molar-refractivity contribution in [2.45, 2.75) is 6.43 Å². The Labute approximate surface area is 87.1 Å². The van der Waals surface area contributed by atoms with Crippen molar-refractivity contribution < 1.29 is 13.7 Å². The number of aromatic nitrogens is 1. The number of nitro groups is 1. The van der Waals surface area contributed by atoms with Gasteiger partial charge in [-0.25, -0.2) is 13.8 Å². The quantitative estimate of drug-likeness (QED) is 0.580. The molecule has 0 spiro atoms. The molecule has 1 rings (SSSR count). The fraction of sp³-hybridized carbons (Fsp3) is 0.143. The maximum absolute atomic E-state index is 12.5. The minimum absolute atomic E-state index is 0.519. The normalized spacial score (nSPS) is 10.1. The predicted molar refractivity (Wildman–Crippen MR) is 45.6 cm³/mol. The molecule has 1 aromatic rings. The summed E-state index contributed by atoms with van der Waals surface area (Å²) in [6.07, 6.45) is -2.38. The Morgan fingerprint density at radius 1 is 1.67 bits per heavy atom. The molecule has 0 amide bonds. The van der Waals surface area contributed by atoms with Gasteiger partial charge in [0.1, 0.15) is 16.7 Å². The van der Waals surface area contributed by atoms with Crippen molar-refractivity contribution in [3.8, 4) is 6.07 Å². The number of alkyl halides is 2. The van der Waals surface area contributed by atoms with Crippen LogP contribution >= 0.6 is 11.6 Å². The van der Waals surface area contributed by atoms with Crippen molar-refractivity contribution in [1.82, 2.24) is 4.98 Å². The molecule has 5 nitrogen and oxygen atoms in total. The topological polar surface area (TPSA) is 79.8 Å². The average molecular weight is 234 g/mol. The Hall–Kier alpha value is -1.81. The van der Waals surface area contributed by atoms with Gasteiger partial charge in [-0.2, -0.15) is 5.26 Å². The van der Waals surface area contributed by atoms with Gasteiger partial charge in [-0.1, -0.05) is 11.6 Å². The van der Waals surface area contributed by atoms with Gasteiger partial charge < -0.3 is 0 Å². The van der Waals surface area contributed by atoms with E-state index in [9.17, 15) is 18.9 Å². The van der Waals surface area contributed by atoms with E-state index in [-0.39, 0.29) is 0 Å². The maximum Gasteiger partial charge on any atom is 0.301 e. The van der Waals surface area contributed by atoms with Crippen molar-refractivity contribution >= 4 is 17.3 Å². The molecule has 0 aliphatic heterocycles. The van der Waals surface area contributed by atoms with Crippen molar-refractivity contribution in [3.05, 3.63) is 32.6 Å². The van der Waals surface area contributed by atoms with Crippen LogP contribution in [0.3, 0.4) is 0 Å². The molecule has 0 aliphatic carbocycles. The van der Waals surface area contributed by atoms with Gasteiger partial charge in [-0.15, -0.1) is 0 Å². The van der Waals surface area contributed by atoms with E-state index in [4.69, 9.17) is 16.9 Å². The lowest BCUT2D eigenvalue weighted by Crippen LogP contribution is -2.02. The maximum atomic E-state index is 12.5. The van der Waals surface area contributed by atoms with Gasteiger partial charge >= 0.3 is 5.69 Å². The number of nitrogens with zero attached hydrogens (tertiary/aromatic N) is 3. The highest BCUT2D eigenvalue weighted by atomic mass is 35.5. The fourth-order valence-corrected chi connectivity index (χ4v) is 1.19. The molecule has 1 heterocycles. The van der Waals surface area contributed by atoms with Gasteiger partial charge in [0.2, 0.25) is 0 Å². The summed E-state index contributed by atoms with van der Waals surface area (Å²) in [5, 5.41) is 18.4. The summed E-state index contributed by atoms with van der Waals surface area (Å²) in [6.45, 7) is 0. The molecule has 0 saturated heterocycles. The molecule has 15 heavy (non-hydrogen) atoms. The second-order valence-corrected chi connectivity index (χ2v) is 2.79. The minimum atomic E-state index is -3.17. The molecule has 0 radical (unpaired) electrons. The molecule has 0 bridgehead atoms. The van der Waals surface area contributed by atoms with Crippen LogP contribution in [0.2, 0.25) is 5.02 Å². The summed E-state index contributed by atoms with van der Waals surface area (Å²) in [4.78, 5) is 12.7. The number of hydrogen-bond acceptors (Lipinski definition) is 4. The second-order valence-electron chi connectivity index (χ2n) is 2.39. The van der Waals surface area contributed by atoms with Gasteiger partial charge in [-0.3, -0.25) is 10.1 Å². The first-order valence-electron chi connectivity index (χ1n) is 3.50.